The van der Waals surface area contributed by atoms with Gasteiger partial charge in [-0.05, 0) is 37.0 Å². The second-order valence-electron chi connectivity index (χ2n) is 4.77. The Hall–Kier alpha value is -1.71. The minimum absolute atomic E-state index is 0.0914. The van der Waals surface area contributed by atoms with E-state index in [1.54, 1.807) is 12.1 Å². The van der Waals surface area contributed by atoms with Crippen LogP contribution in [0.3, 0.4) is 0 Å². The summed E-state index contributed by atoms with van der Waals surface area (Å²) in [5, 5.41) is 9.35. The highest BCUT2D eigenvalue weighted by atomic mass is 16.3. The SMILES string of the molecule is CCCN(CCC)C(=O)CCc1ccc(O)c(N)c1. The van der Waals surface area contributed by atoms with Crippen LogP contribution >= 0.6 is 0 Å². The van der Waals surface area contributed by atoms with Crippen LogP contribution in [0.15, 0.2) is 18.2 Å². The van der Waals surface area contributed by atoms with Crippen molar-refractivity contribution >= 4 is 11.6 Å². The molecule has 0 radical (unpaired) electrons. The standard InChI is InChI=1S/C15H24N2O2/c1-3-9-17(10-4-2)15(19)8-6-12-5-7-14(18)13(16)11-12/h5,7,11,18H,3-4,6,8-10,16H2,1-2H3. The molecule has 1 rings (SSSR count). The molecule has 106 valence electrons. The number of nitrogen functional groups attached to an aromatic ring is 1. The third-order valence-electron chi connectivity index (χ3n) is 3.06. The molecule has 4 nitrogen and oxygen atoms in total. The first-order valence-electron chi connectivity index (χ1n) is 6.93. The van der Waals surface area contributed by atoms with Crippen molar-refractivity contribution < 1.29 is 9.90 Å². The molecule has 0 fully saturated rings. The van der Waals surface area contributed by atoms with E-state index in [9.17, 15) is 9.90 Å². The molecule has 0 atom stereocenters. The Balaban J connectivity index is 2.54. The normalized spacial score (nSPS) is 10.4. The number of amides is 1. The number of phenolic OH excluding ortho intramolecular Hbond substituents is 1. The fourth-order valence-corrected chi connectivity index (χ4v) is 2.07. The lowest BCUT2D eigenvalue weighted by Crippen LogP contribution is -2.32. The van der Waals surface area contributed by atoms with Gasteiger partial charge in [0.25, 0.3) is 0 Å². The van der Waals surface area contributed by atoms with Crippen LogP contribution < -0.4 is 5.73 Å². The molecule has 0 aliphatic rings. The number of rotatable bonds is 7. The Morgan fingerprint density at radius 3 is 2.42 bits per heavy atom. The zero-order chi connectivity index (χ0) is 14.3. The molecule has 3 N–H and O–H groups in total. The molecule has 19 heavy (non-hydrogen) atoms. The summed E-state index contributed by atoms with van der Waals surface area (Å²) in [4.78, 5) is 14.0. The van der Waals surface area contributed by atoms with E-state index in [0.29, 0.717) is 18.5 Å². The number of aryl methyl sites for hydroxylation is 1. The summed E-state index contributed by atoms with van der Waals surface area (Å²) in [6, 6.07) is 5.11. The van der Waals surface area contributed by atoms with Crippen molar-refractivity contribution in [3.63, 3.8) is 0 Å². The number of carbonyl (C=O) groups excluding carboxylic acids is 1. The highest BCUT2D eigenvalue weighted by Gasteiger charge is 2.11. The summed E-state index contributed by atoms with van der Waals surface area (Å²) in [5.41, 5.74) is 6.98. The molecule has 1 aromatic carbocycles. The van der Waals surface area contributed by atoms with Gasteiger partial charge in [-0.3, -0.25) is 4.79 Å². The Bertz CT molecular complexity index is 413. The van der Waals surface area contributed by atoms with Crippen molar-refractivity contribution in [2.45, 2.75) is 39.5 Å². The maximum atomic E-state index is 12.1. The lowest BCUT2D eigenvalue weighted by molar-refractivity contribution is -0.131. The lowest BCUT2D eigenvalue weighted by atomic mass is 10.1. The zero-order valence-corrected chi connectivity index (χ0v) is 11.9. The van der Waals surface area contributed by atoms with Crippen LogP contribution in [-0.4, -0.2) is 29.0 Å². The summed E-state index contributed by atoms with van der Waals surface area (Å²) in [7, 11) is 0. The van der Waals surface area contributed by atoms with Gasteiger partial charge in [-0.1, -0.05) is 19.9 Å². The van der Waals surface area contributed by atoms with Crippen molar-refractivity contribution in [1.82, 2.24) is 4.90 Å². The first kappa shape index (κ1) is 15.3. The Morgan fingerprint density at radius 2 is 1.89 bits per heavy atom. The van der Waals surface area contributed by atoms with Crippen molar-refractivity contribution in [3.05, 3.63) is 23.8 Å². The number of phenols is 1. The van der Waals surface area contributed by atoms with E-state index in [0.717, 1.165) is 31.5 Å². The van der Waals surface area contributed by atoms with E-state index in [-0.39, 0.29) is 11.7 Å². The Labute approximate surface area is 115 Å². The fourth-order valence-electron chi connectivity index (χ4n) is 2.07. The predicted molar refractivity (Wildman–Crippen MR) is 78.0 cm³/mol. The van der Waals surface area contributed by atoms with Crippen LogP contribution in [0.1, 0.15) is 38.7 Å². The van der Waals surface area contributed by atoms with Gasteiger partial charge in [0.15, 0.2) is 0 Å². The van der Waals surface area contributed by atoms with Crippen LogP contribution in [0, 0.1) is 0 Å². The fraction of sp³-hybridized carbons (Fsp3) is 0.533. The van der Waals surface area contributed by atoms with Gasteiger partial charge in [0, 0.05) is 19.5 Å². The van der Waals surface area contributed by atoms with Gasteiger partial charge in [-0.2, -0.15) is 0 Å². The molecule has 0 heterocycles. The first-order valence-corrected chi connectivity index (χ1v) is 6.93. The summed E-state index contributed by atoms with van der Waals surface area (Å²) < 4.78 is 0. The van der Waals surface area contributed by atoms with Gasteiger partial charge >= 0.3 is 0 Å². The molecule has 0 bridgehead atoms. The number of hydrogen-bond acceptors (Lipinski definition) is 3. The molecule has 0 aromatic heterocycles. The van der Waals surface area contributed by atoms with E-state index in [1.807, 2.05) is 11.0 Å². The quantitative estimate of drug-likeness (QED) is 0.587. The monoisotopic (exact) mass is 264 g/mol. The van der Waals surface area contributed by atoms with Crippen molar-refractivity contribution in [2.24, 2.45) is 0 Å². The van der Waals surface area contributed by atoms with Crippen LogP contribution in [0.2, 0.25) is 0 Å². The molecule has 0 spiro atoms. The average molecular weight is 264 g/mol. The highest BCUT2D eigenvalue weighted by Crippen LogP contribution is 2.21. The molecule has 4 heteroatoms. The van der Waals surface area contributed by atoms with Gasteiger partial charge in [-0.25, -0.2) is 0 Å². The molecule has 0 saturated carbocycles. The van der Waals surface area contributed by atoms with Gasteiger partial charge in [0.2, 0.25) is 5.91 Å². The van der Waals surface area contributed by atoms with Crippen LogP contribution in [0.5, 0.6) is 5.75 Å². The molecule has 0 aliphatic heterocycles. The van der Waals surface area contributed by atoms with E-state index < -0.39 is 0 Å². The lowest BCUT2D eigenvalue weighted by Gasteiger charge is -2.21. The molecule has 1 amide bonds. The number of carbonyl (C=O) groups is 1. The first-order chi connectivity index (χ1) is 9.08. The number of hydrogen-bond donors (Lipinski definition) is 2. The van der Waals surface area contributed by atoms with Gasteiger partial charge in [0.1, 0.15) is 5.75 Å². The van der Waals surface area contributed by atoms with E-state index in [1.165, 1.54) is 0 Å². The third-order valence-corrected chi connectivity index (χ3v) is 3.06. The second-order valence-corrected chi connectivity index (χ2v) is 4.77. The van der Waals surface area contributed by atoms with Gasteiger partial charge < -0.3 is 15.7 Å². The van der Waals surface area contributed by atoms with Crippen molar-refractivity contribution in [2.75, 3.05) is 18.8 Å². The van der Waals surface area contributed by atoms with Crippen LogP contribution in [0.4, 0.5) is 5.69 Å². The molecular formula is C15H24N2O2. The topological polar surface area (TPSA) is 66.6 Å². The van der Waals surface area contributed by atoms with Crippen molar-refractivity contribution in [3.8, 4) is 5.75 Å². The summed E-state index contributed by atoms with van der Waals surface area (Å²) in [5.74, 6) is 0.281. The second kappa shape index (κ2) is 7.67. The van der Waals surface area contributed by atoms with E-state index in [4.69, 9.17) is 5.73 Å². The Morgan fingerprint density at radius 1 is 1.26 bits per heavy atom. The average Bonchev–Trinajstić information content (AvgIpc) is 2.39. The summed E-state index contributed by atoms with van der Waals surface area (Å²) >= 11 is 0. The highest BCUT2D eigenvalue weighted by molar-refractivity contribution is 5.76. The maximum Gasteiger partial charge on any atom is 0.222 e. The number of benzene rings is 1. The summed E-state index contributed by atoms with van der Waals surface area (Å²) in [6.45, 7) is 5.81. The minimum atomic E-state index is 0.0914. The largest absolute Gasteiger partial charge is 0.506 e. The number of anilines is 1. The van der Waals surface area contributed by atoms with E-state index >= 15 is 0 Å². The smallest absolute Gasteiger partial charge is 0.222 e. The molecule has 1 aromatic rings. The summed E-state index contributed by atoms with van der Waals surface area (Å²) in [6.07, 6.45) is 3.12. The van der Waals surface area contributed by atoms with Crippen molar-refractivity contribution in [1.29, 1.82) is 0 Å². The van der Waals surface area contributed by atoms with Crippen LogP contribution in [-0.2, 0) is 11.2 Å². The number of nitrogens with two attached hydrogens (primary N) is 1. The minimum Gasteiger partial charge on any atom is -0.506 e. The Kier molecular flexibility index (Phi) is 6.19. The predicted octanol–water partition coefficient (Wildman–Crippen LogP) is 2.56. The number of nitrogens with zero attached hydrogens (tertiary/aromatic N) is 1. The third kappa shape index (κ3) is 4.81. The molecular weight excluding hydrogens is 240 g/mol. The van der Waals surface area contributed by atoms with Gasteiger partial charge in [-0.15, -0.1) is 0 Å². The maximum absolute atomic E-state index is 12.1. The van der Waals surface area contributed by atoms with Crippen LogP contribution in [0.25, 0.3) is 0 Å². The molecule has 0 saturated heterocycles. The molecule has 0 unspecified atom stereocenters. The molecule has 0 aliphatic carbocycles. The van der Waals surface area contributed by atoms with E-state index in [2.05, 4.69) is 13.8 Å². The zero-order valence-electron chi connectivity index (χ0n) is 11.9. The number of aromatic hydroxyl groups is 1. The van der Waals surface area contributed by atoms with Gasteiger partial charge in [0.05, 0.1) is 5.69 Å².